The second kappa shape index (κ2) is 8.54. The predicted molar refractivity (Wildman–Crippen MR) is 89.9 cm³/mol. The third kappa shape index (κ3) is 5.71. The summed E-state index contributed by atoms with van der Waals surface area (Å²) in [6, 6.07) is 9.17. The number of aryl methyl sites for hydroxylation is 1. The van der Waals surface area contributed by atoms with Crippen LogP contribution in [0.1, 0.15) is 32.7 Å². The van der Waals surface area contributed by atoms with Crippen molar-refractivity contribution in [2.75, 3.05) is 11.9 Å². The molecule has 0 aliphatic rings. The summed E-state index contributed by atoms with van der Waals surface area (Å²) in [6.45, 7) is -0.198. The fourth-order valence-corrected chi connectivity index (χ4v) is 2.39. The minimum Gasteiger partial charge on any atom is -0.478 e. The molecule has 0 saturated carbocycles. The number of carbonyl (C=O) groups is 2. The van der Waals surface area contributed by atoms with Gasteiger partial charge in [0, 0.05) is 18.4 Å². The Labute approximate surface area is 152 Å². The third-order valence-corrected chi connectivity index (χ3v) is 3.56. The zero-order chi connectivity index (χ0) is 20.0. The van der Waals surface area contributed by atoms with E-state index in [1.54, 1.807) is 0 Å². The highest BCUT2D eigenvalue weighted by Crippen LogP contribution is 2.30. The minimum atomic E-state index is -4.92. The van der Waals surface area contributed by atoms with Crippen LogP contribution in [0.2, 0.25) is 0 Å². The molecule has 3 N–H and O–H groups in total. The number of carboxylic acid groups (broad SMARTS) is 1. The van der Waals surface area contributed by atoms with E-state index in [0.29, 0.717) is 0 Å². The second-order valence-electron chi connectivity index (χ2n) is 5.50. The zero-order valence-electron chi connectivity index (χ0n) is 13.9. The Morgan fingerprint density at radius 2 is 1.74 bits per heavy atom. The first kappa shape index (κ1) is 20.2. The topological polar surface area (TPSA) is 95.9 Å². The molecule has 0 bridgehead atoms. The summed E-state index contributed by atoms with van der Waals surface area (Å²) in [5.41, 5.74) is -0.147. The van der Waals surface area contributed by atoms with Gasteiger partial charge in [0.15, 0.2) is 0 Å². The number of aliphatic hydroxyl groups excluding tert-OH is 1. The summed E-state index contributed by atoms with van der Waals surface area (Å²) in [5, 5.41) is 20.3. The smallest absolute Gasteiger partial charge is 0.478 e. The Bertz CT molecular complexity index is 836. The van der Waals surface area contributed by atoms with Crippen LogP contribution in [0.4, 0.5) is 18.9 Å². The molecule has 2 aromatic carbocycles. The highest BCUT2D eigenvalue weighted by Gasteiger charge is 2.32. The molecule has 0 unspecified atom stereocenters. The van der Waals surface area contributed by atoms with E-state index < -0.39 is 24.0 Å². The Hall–Kier alpha value is -3.07. The Balaban J connectivity index is 2.29. The highest BCUT2D eigenvalue weighted by molar-refractivity contribution is 6.10. The maximum atomic E-state index is 12.6. The van der Waals surface area contributed by atoms with E-state index in [1.165, 1.54) is 36.4 Å². The van der Waals surface area contributed by atoms with Gasteiger partial charge in [0.1, 0.15) is 5.75 Å². The van der Waals surface area contributed by atoms with Crippen molar-refractivity contribution in [3.05, 3.63) is 59.2 Å². The molecule has 1 amide bonds. The van der Waals surface area contributed by atoms with Crippen LogP contribution < -0.4 is 10.1 Å². The summed E-state index contributed by atoms with van der Waals surface area (Å²) < 4.78 is 41.9. The molecule has 0 heterocycles. The van der Waals surface area contributed by atoms with Gasteiger partial charge in [-0.3, -0.25) is 4.79 Å². The second-order valence-corrected chi connectivity index (χ2v) is 5.50. The average Bonchev–Trinajstić information content (AvgIpc) is 2.59. The minimum absolute atomic E-state index is 0.00666. The first-order valence-corrected chi connectivity index (χ1v) is 7.84. The molecule has 2 aromatic rings. The summed E-state index contributed by atoms with van der Waals surface area (Å²) in [5.74, 6) is -2.59. The van der Waals surface area contributed by atoms with Crippen LogP contribution in [-0.2, 0) is 6.42 Å². The number of nitrogens with one attached hydrogen (secondary N) is 1. The number of aromatic carboxylic acids is 1. The lowest BCUT2D eigenvalue weighted by atomic mass is 10.1. The Kier molecular flexibility index (Phi) is 6.40. The number of carboxylic acids is 1. The zero-order valence-corrected chi connectivity index (χ0v) is 13.9. The number of anilines is 1. The summed E-state index contributed by atoms with van der Waals surface area (Å²) in [4.78, 5) is 23.5. The van der Waals surface area contributed by atoms with Crippen molar-refractivity contribution in [1.82, 2.24) is 0 Å². The quantitative estimate of drug-likeness (QED) is 0.681. The van der Waals surface area contributed by atoms with E-state index in [9.17, 15) is 22.8 Å². The number of rotatable bonds is 7. The molecular weight excluding hydrogens is 367 g/mol. The molecule has 0 aliphatic carbocycles. The summed E-state index contributed by atoms with van der Waals surface area (Å²) in [7, 11) is 0. The molecule has 0 radical (unpaired) electrons. The van der Waals surface area contributed by atoms with Gasteiger partial charge in [-0.05, 0) is 36.6 Å². The number of aliphatic hydroxyl groups is 1. The van der Waals surface area contributed by atoms with Crippen LogP contribution in [0.25, 0.3) is 0 Å². The number of hydrogen-bond donors (Lipinski definition) is 3. The van der Waals surface area contributed by atoms with Crippen molar-refractivity contribution in [3.8, 4) is 5.75 Å². The van der Waals surface area contributed by atoms with E-state index in [-0.39, 0.29) is 41.8 Å². The molecule has 0 aromatic heterocycles. The van der Waals surface area contributed by atoms with Gasteiger partial charge in [-0.2, -0.15) is 0 Å². The van der Waals surface area contributed by atoms with E-state index in [4.69, 9.17) is 10.2 Å². The normalized spacial score (nSPS) is 11.1. The number of benzene rings is 2. The van der Waals surface area contributed by atoms with Crippen molar-refractivity contribution in [3.63, 3.8) is 0 Å². The average molecular weight is 383 g/mol. The van der Waals surface area contributed by atoms with Crippen molar-refractivity contribution in [2.45, 2.75) is 19.2 Å². The largest absolute Gasteiger partial charge is 0.573 e. The monoisotopic (exact) mass is 383 g/mol. The molecule has 27 heavy (non-hydrogen) atoms. The fraction of sp³-hybridized carbons (Fsp3) is 0.222. The van der Waals surface area contributed by atoms with Gasteiger partial charge in [0.2, 0.25) is 0 Å². The van der Waals surface area contributed by atoms with Crippen LogP contribution in [0.5, 0.6) is 5.75 Å². The van der Waals surface area contributed by atoms with E-state index in [0.717, 1.165) is 6.07 Å². The first-order valence-electron chi connectivity index (χ1n) is 7.84. The highest BCUT2D eigenvalue weighted by atomic mass is 19.4. The number of carbonyl (C=O) groups excluding carboxylic acids is 1. The van der Waals surface area contributed by atoms with Crippen molar-refractivity contribution >= 4 is 17.6 Å². The van der Waals surface area contributed by atoms with Gasteiger partial charge in [-0.15, -0.1) is 13.2 Å². The predicted octanol–water partition coefficient (Wildman–Crippen LogP) is 3.46. The van der Waals surface area contributed by atoms with Gasteiger partial charge < -0.3 is 20.3 Å². The summed E-state index contributed by atoms with van der Waals surface area (Å²) >= 11 is 0. The van der Waals surface area contributed by atoms with Crippen LogP contribution in [0, 0.1) is 0 Å². The lowest BCUT2D eigenvalue weighted by molar-refractivity contribution is -0.274. The standard InChI is InChI=1S/C18H16F3NO5/c19-18(20,21)27-15-10-12(8-7-11(15)4-3-9-23)22-16(24)13-5-1-2-6-14(13)17(25)26/h1-2,5-8,10,23H,3-4,9H2,(H,22,24)(H,25,26). The SMILES string of the molecule is O=C(O)c1ccccc1C(=O)Nc1ccc(CCCO)c(OC(F)(F)F)c1. The van der Waals surface area contributed by atoms with Crippen LogP contribution in [0.3, 0.4) is 0 Å². The Morgan fingerprint density at radius 3 is 2.33 bits per heavy atom. The fourth-order valence-electron chi connectivity index (χ4n) is 2.39. The summed E-state index contributed by atoms with van der Waals surface area (Å²) in [6.07, 6.45) is -4.53. The molecule has 0 saturated heterocycles. The van der Waals surface area contributed by atoms with Crippen LogP contribution in [-0.4, -0.2) is 35.1 Å². The lowest BCUT2D eigenvalue weighted by Gasteiger charge is -2.15. The molecule has 2 rings (SSSR count). The number of amides is 1. The van der Waals surface area contributed by atoms with Gasteiger partial charge in [0.25, 0.3) is 5.91 Å². The van der Waals surface area contributed by atoms with Gasteiger partial charge in [-0.25, -0.2) is 4.79 Å². The van der Waals surface area contributed by atoms with Crippen molar-refractivity contribution in [1.29, 1.82) is 0 Å². The van der Waals surface area contributed by atoms with E-state index in [1.807, 2.05) is 0 Å². The number of ether oxygens (including phenoxy) is 1. The maximum Gasteiger partial charge on any atom is 0.573 e. The van der Waals surface area contributed by atoms with Crippen LogP contribution in [0.15, 0.2) is 42.5 Å². The lowest BCUT2D eigenvalue weighted by Crippen LogP contribution is -2.19. The van der Waals surface area contributed by atoms with Gasteiger partial charge in [0.05, 0.1) is 11.1 Å². The Morgan fingerprint density at radius 1 is 1.07 bits per heavy atom. The molecule has 0 atom stereocenters. The van der Waals surface area contributed by atoms with Crippen LogP contribution >= 0.6 is 0 Å². The molecule has 0 aliphatic heterocycles. The molecular formula is C18H16F3NO5. The molecule has 6 nitrogen and oxygen atoms in total. The van der Waals surface area contributed by atoms with E-state index >= 15 is 0 Å². The van der Waals surface area contributed by atoms with Gasteiger partial charge in [-0.1, -0.05) is 18.2 Å². The van der Waals surface area contributed by atoms with Crippen molar-refractivity contribution < 1.29 is 37.7 Å². The van der Waals surface area contributed by atoms with E-state index in [2.05, 4.69) is 10.1 Å². The number of alkyl halides is 3. The third-order valence-electron chi connectivity index (χ3n) is 3.56. The molecule has 9 heteroatoms. The molecule has 144 valence electrons. The maximum absolute atomic E-state index is 12.6. The number of halogens is 3. The van der Waals surface area contributed by atoms with Gasteiger partial charge >= 0.3 is 12.3 Å². The molecule has 0 spiro atoms. The first-order chi connectivity index (χ1) is 12.7. The molecule has 0 fully saturated rings. The number of hydrogen-bond acceptors (Lipinski definition) is 4. The van der Waals surface area contributed by atoms with Crippen molar-refractivity contribution in [2.24, 2.45) is 0 Å².